The number of rotatable bonds is 6. The molecule has 1 atom stereocenters. The van der Waals surface area contributed by atoms with Crippen LogP contribution >= 0.6 is 0 Å². The second kappa shape index (κ2) is 7.68. The molecule has 0 radical (unpaired) electrons. The Hall–Kier alpha value is -3.05. The monoisotopic (exact) mass is 358 g/mol. The van der Waals surface area contributed by atoms with Gasteiger partial charge >= 0.3 is 0 Å². The number of fused-ring (bicyclic) bond motifs is 1. The minimum absolute atomic E-state index is 0.119. The molecule has 3 aromatic rings. The zero-order valence-electron chi connectivity index (χ0n) is 15.3. The van der Waals surface area contributed by atoms with Crippen molar-refractivity contribution in [2.24, 2.45) is 10.9 Å². The fourth-order valence-corrected chi connectivity index (χ4v) is 3.32. The Bertz CT molecular complexity index is 1050. The predicted octanol–water partition coefficient (Wildman–Crippen LogP) is 1.57. The van der Waals surface area contributed by atoms with E-state index in [0.29, 0.717) is 12.0 Å². The Morgan fingerprint density at radius 3 is 2.48 bits per heavy atom. The van der Waals surface area contributed by atoms with E-state index in [4.69, 9.17) is 0 Å². The average Bonchev–Trinajstić information content (AvgIpc) is 3.02. The molecule has 0 bridgehead atoms. The van der Waals surface area contributed by atoms with Gasteiger partial charge in [0.1, 0.15) is 0 Å². The molecule has 1 aliphatic heterocycles. The third-order valence-electron chi connectivity index (χ3n) is 4.78. The van der Waals surface area contributed by atoms with E-state index in [1.165, 1.54) is 5.56 Å². The van der Waals surface area contributed by atoms with E-state index in [-0.39, 0.29) is 11.8 Å². The molecule has 0 saturated carbocycles. The Morgan fingerprint density at radius 1 is 1.04 bits per heavy atom. The van der Waals surface area contributed by atoms with E-state index in [2.05, 4.69) is 27.5 Å². The highest BCUT2D eigenvalue weighted by Gasteiger charge is 2.21. The summed E-state index contributed by atoms with van der Waals surface area (Å²) in [5.41, 5.74) is 3.71. The van der Waals surface area contributed by atoms with Gasteiger partial charge in [0.25, 0.3) is 5.91 Å². The lowest BCUT2D eigenvalue weighted by molar-refractivity contribution is -0.120. The molecule has 1 amide bonds. The molecule has 5 heteroatoms. The van der Waals surface area contributed by atoms with E-state index in [1.807, 2.05) is 61.5 Å². The molecule has 4 rings (SSSR count). The molecule has 5 nitrogen and oxygen atoms in total. The first-order valence-corrected chi connectivity index (χ1v) is 9.22. The molecular formula is C22H22N4O. The van der Waals surface area contributed by atoms with Crippen molar-refractivity contribution in [3.05, 3.63) is 82.6 Å². The maximum Gasteiger partial charge on any atom is 0.255 e. The van der Waals surface area contributed by atoms with Gasteiger partial charge in [-0.05, 0) is 37.6 Å². The number of amides is 1. The zero-order valence-corrected chi connectivity index (χ0v) is 15.3. The molecule has 2 heterocycles. The van der Waals surface area contributed by atoms with Gasteiger partial charge in [0.05, 0.1) is 17.3 Å². The summed E-state index contributed by atoms with van der Waals surface area (Å²) in [6.07, 6.45) is 2.94. The van der Waals surface area contributed by atoms with Crippen LogP contribution in [0.4, 0.5) is 0 Å². The summed E-state index contributed by atoms with van der Waals surface area (Å²) >= 11 is 0. The van der Waals surface area contributed by atoms with Crippen molar-refractivity contribution in [1.29, 1.82) is 0 Å². The van der Waals surface area contributed by atoms with Gasteiger partial charge in [-0.3, -0.25) is 4.79 Å². The Labute approximate surface area is 158 Å². The van der Waals surface area contributed by atoms with Gasteiger partial charge in [-0.1, -0.05) is 54.6 Å². The van der Waals surface area contributed by atoms with E-state index in [9.17, 15) is 4.79 Å². The first-order chi connectivity index (χ1) is 13.2. The molecule has 2 aromatic carbocycles. The Kier molecular flexibility index (Phi) is 4.94. The lowest BCUT2D eigenvalue weighted by Gasteiger charge is -2.12. The molecule has 1 aliphatic rings. The van der Waals surface area contributed by atoms with Crippen LogP contribution in [-0.4, -0.2) is 28.8 Å². The number of nitrogens with zero attached hydrogens (tertiary/aromatic N) is 3. The van der Waals surface area contributed by atoms with Crippen LogP contribution in [0.15, 0.2) is 65.7 Å². The van der Waals surface area contributed by atoms with Crippen LogP contribution in [0.25, 0.3) is 11.8 Å². The number of hydrogen-bond acceptors (Lipinski definition) is 3. The number of aryl methyl sites for hydroxylation is 1. The summed E-state index contributed by atoms with van der Waals surface area (Å²) in [5.74, 6) is -0.368. The standard InChI is InChI=1S/C22H22N4O/c1-16-20-14-18(15-23-13-12-17-8-4-2-5-9-17)22(27)24-21(20)26(25-16)19-10-6-3-7-11-19/h2-11,14,18,23H,12-13,15H2,1H3. The number of nitrogens with one attached hydrogen (secondary N) is 1. The molecule has 1 N–H and O–H groups in total. The third kappa shape index (κ3) is 3.73. The van der Waals surface area contributed by atoms with Gasteiger partial charge in [0.2, 0.25) is 0 Å². The van der Waals surface area contributed by atoms with Crippen LogP contribution in [0.3, 0.4) is 0 Å². The Balaban J connectivity index is 1.50. The van der Waals surface area contributed by atoms with E-state index >= 15 is 0 Å². The molecular weight excluding hydrogens is 336 g/mol. The first kappa shape index (κ1) is 17.4. The number of aromatic nitrogens is 2. The van der Waals surface area contributed by atoms with Crippen LogP contribution in [0.2, 0.25) is 0 Å². The summed E-state index contributed by atoms with van der Waals surface area (Å²) < 4.78 is 1.75. The number of benzene rings is 2. The predicted molar refractivity (Wildman–Crippen MR) is 105 cm³/mol. The van der Waals surface area contributed by atoms with Gasteiger partial charge < -0.3 is 5.32 Å². The Morgan fingerprint density at radius 2 is 1.74 bits per heavy atom. The van der Waals surface area contributed by atoms with Crippen molar-refractivity contribution in [2.75, 3.05) is 13.1 Å². The van der Waals surface area contributed by atoms with Crippen LogP contribution in [0.1, 0.15) is 11.3 Å². The third-order valence-corrected chi connectivity index (χ3v) is 4.78. The summed E-state index contributed by atoms with van der Waals surface area (Å²) in [4.78, 5) is 16.9. The maximum atomic E-state index is 12.5. The topological polar surface area (TPSA) is 59.3 Å². The summed E-state index contributed by atoms with van der Waals surface area (Å²) in [7, 11) is 0. The number of para-hydroxylation sites is 1. The lowest BCUT2D eigenvalue weighted by atomic mass is 10.0. The van der Waals surface area contributed by atoms with Crippen LogP contribution < -0.4 is 16.0 Å². The molecule has 136 valence electrons. The van der Waals surface area contributed by atoms with Gasteiger partial charge in [0, 0.05) is 11.8 Å². The number of carbonyl (C=O) groups excluding carboxylic acids is 1. The van der Waals surface area contributed by atoms with Crippen molar-refractivity contribution in [3.63, 3.8) is 0 Å². The van der Waals surface area contributed by atoms with Gasteiger partial charge in [-0.15, -0.1) is 0 Å². The molecule has 1 aromatic heterocycles. The van der Waals surface area contributed by atoms with Crippen molar-refractivity contribution in [3.8, 4) is 5.69 Å². The average molecular weight is 358 g/mol. The number of carbonyl (C=O) groups is 1. The smallest absolute Gasteiger partial charge is 0.255 e. The molecule has 0 fully saturated rings. The van der Waals surface area contributed by atoms with Gasteiger partial charge in [-0.25, -0.2) is 4.68 Å². The summed E-state index contributed by atoms with van der Waals surface area (Å²) in [6, 6.07) is 20.1. The highest BCUT2D eigenvalue weighted by molar-refractivity contribution is 5.86. The van der Waals surface area contributed by atoms with Crippen molar-refractivity contribution < 1.29 is 4.79 Å². The van der Waals surface area contributed by atoms with E-state index in [0.717, 1.165) is 29.6 Å². The first-order valence-electron chi connectivity index (χ1n) is 9.22. The number of hydrogen-bond donors (Lipinski definition) is 1. The van der Waals surface area contributed by atoms with Crippen LogP contribution in [-0.2, 0) is 11.2 Å². The normalized spacial score (nSPS) is 15.7. The van der Waals surface area contributed by atoms with E-state index in [1.54, 1.807) is 4.68 Å². The van der Waals surface area contributed by atoms with Crippen molar-refractivity contribution in [2.45, 2.75) is 13.3 Å². The fourth-order valence-electron chi connectivity index (χ4n) is 3.32. The highest BCUT2D eigenvalue weighted by Crippen LogP contribution is 2.07. The maximum absolute atomic E-state index is 12.5. The largest absolute Gasteiger partial charge is 0.315 e. The van der Waals surface area contributed by atoms with Gasteiger partial charge in [-0.2, -0.15) is 10.1 Å². The van der Waals surface area contributed by atoms with Gasteiger partial charge in [0.15, 0.2) is 5.49 Å². The minimum Gasteiger partial charge on any atom is -0.315 e. The zero-order chi connectivity index (χ0) is 18.6. The molecule has 0 aliphatic carbocycles. The fraction of sp³-hybridized carbons (Fsp3) is 0.227. The summed E-state index contributed by atoms with van der Waals surface area (Å²) in [5, 5.41) is 8.92. The van der Waals surface area contributed by atoms with E-state index < -0.39 is 0 Å². The minimum atomic E-state index is -0.250. The quantitative estimate of drug-likeness (QED) is 0.681. The van der Waals surface area contributed by atoms with Crippen molar-refractivity contribution >= 4 is 12.0 Å². The van der Waals surface area contributed by atoms with Crippen LogP contribution in [0, 0.1) is 12.8 Å². The second-order valence-corrected chi connectivity index (χ2v) is 6.73. The lowest BCUT2D eigenvalue weighted by Crippen LogP contribution is -2.40. The highest BCUT2D eigenvalue weighted by atomic mass is 16.1. The van der Waals surface area contributed by atoms with Crippen LogP contribution in [0.5, 0.6) is 0 Å². The molecule has 27 heavy (non-hydrogen) atoms. The molecule has 0 spiro atoms. The molecule has 0 saturated heterocycles. The SMILES string of the molecule is Cc1nn(-c2ccccc2)c2c1=CC(CNCCc1ccccc1)C(=O)N=2. The molecule has 1 unspecified atom stereocenters. The summed E-state index contributed by atoms with van der Waals surface area (Å²) in [6.45, 7) is 3.38. The second-order valence-electron chi connectivity index (χ2n) is 6.73. The van der Waals surface area contributed by atoms with Crippen molar-refractivity contribution in [1.82, 2.24) is 15.1 Å².